The lowest BCUT2D eigenvalue weighted by Gasteiger charge is -1.94. The highest BCUT2D eigenvalue weighted by atomic mass is 32.1. The molecule has 1 heterocycles. The highest BCUT2D eigenvalue weighted by Crippen LogP contribution is 2.29. The van der Waals surface area contributed by atoms with Crippen molar-refractivity contribution < 1.29 is 14.3 Å². The lowest BCUT2D eigenvalue weighted by Crippen LogP contribution is -1.85. The molecule has 0 aliphatic rings. The van der Waals surface area contributed by atoms with E-state index in [-0.39, 0.29) is 5.82 Å². The van der Waals surface area contributed by atoms with Gasteiger partial charge >= 0.3 is 5.97 Å². The molecule has 3 nitrogen and oxygen atoms in total. The molecule has 1 N–H and O–H groups in total. The van der Waals surface area contributed by atoms with Gasteiger partial charge in [-0.2, -0.15) is 0 Å². The van der Waals surface area contributed by atoms with Crippen molar-refractivity contribution in [3.63, 3.8) is 0 Å². The molecule has 1 aromatic carbocycles. The molecule has 1 aromatic heterocycles. The van der Waals surface area contributed by atoms with Gasteiger partial charge in [0.15, 0.2) is 0 Å². The van der Waals surface area contributed by atoms with E-state index in [1.54, 1.807) is 19.1 Å². The molecular weight excluding hydrogens is 253 g/mol. The Morgan fingerprint density at radius 3 is 2.94 bits per heavy atom. The van der Waals surface area contributed by atoms with Crippen molar-refractivity contribution in [3.05, 3.63) is 46.7 Å². The zero-order valence-corrected chi connectivity index (χ0v) is 10.4. The van der Waals surface area contributed by atoms with Crippen LogP contribution in [0, 0.1) is 12.7 Å². The average molecular weight is 263 g/mol. The number of benzene rings is 1. The van der Waals surface area contributed by atoms with Gasteiger partial charge in [-0.25, -0.2) is 14.2 Å². The normalized spacial score (nSPS) is 11.0. The predicted molar refractivity (Wildman–Crippen MR) is 68.9 cm³/mol. The molecule has 0 aliphatic carbocycles. The zero-order valence-electron chi connectivity index (χ0n) is 9.55. The Bertz CT molecular complexity index is 619. The number of rotatable bonds is 3. The molecule has 0 fully saturated rings. The van der Waals surface area contributed by atoms with Gasteiger partial charge in [0, 0.05) is 11.6 Å². The number of aryl methyl sites for hydroxylation is 1. The van der Waals surface area contributed by atoms with Gasteiger partial charge < -0.3 is 5.11 Å². The fourth-order valence-corrected chi connectivity index (χ4v) is 2.42. The standard InChI is InChI=1S/C13H10FNO2S/c1-8-11(5-6-12(16)17)18-13(15-8)9-3-2-4-10(14)7-9/h2-7H,1H3,(H,16,17)/b6-5+. The third-order valence-electron chi connectivity index (χ3n) is 2.28. The predicted octanol–water partition coefficient (Wildman–Crippen LogP) is 3.36. The Morgan fingerprint density at radius 1 is 1.50 bits per heavy atom. The largest absolute Gasteiger partial charge is 0.478 e. The van der Waals surface area contributed by atoms with Crippen molar-refractivity contribution in [2.45, 2.75) is 6.92 Å². The van der Waals surface area contributed by atoms with Gasteiger partial charge in [-0.05, 0) is 25.1 Å². The fourth-order valence-electron chi connectivity index (χ4n) is 1.45. The van der Waals surface area contributed by atoms with Gasteiger partial charge in [-0.3, -0.25) is 0 Å². The molecule has 0 atom stereocenters. The Labute approximate surface area is 107 Å². The second-order valence-corrected chi connectivity index (χ2v) is 4.68. The molecule has 0 aliphatic heterocycles. The van der Waals surface area contributed by atoms with Crippen molar-refractivity contribution in [2.24, 2.45) is 0 Å². The monoisotopic (exact) mass is 263 g/mol. The molecule has 0 unspecified atom stereocenters. The summed E-state index contributed by atoms with van der Waals surface area (Å²) in [6.07, 6.45) is 2.56. The van der Waals surface area contributed by atoms with Crippen LogP contribution >= 0.6 is 11.3 Å². The average Bonchev–Trinajstić information content (AvgIpc) is 2.68. The number of hydrogen-bond acceptors (Lipinski definition) is 3. The van der Waals surface area contributed by atoms with Crippen LogP contribution in [-0.2, 0) is 4.79 Å². The van der Waals surface area contributed by atoms with E-state index in [0.717, 1.165) is 16.6 Å². The van der Waals surface area contributed by atoms with E-state index in [1.807, 2.05) is 0 Å². The number of carboxylic acid groups (broad SMARTS) is 1. The minimum atomic E-state index is -1.00. The number of aromatic nitrogens is 1. The van der Waals surface area contributed by atoms with Crippen LogP contribution in [0.5, 0.6) is 0 Å². The van der Waals surface area contributed by atoms with Crippen LogP contribution in [0.1, 0.15) is 10.6 Å². The first-order valence-corrected chi connectivity index (χ1v) is 6.02. The Kier molecular flexibility index (Phi) is 3.53. The van der Waals surface area contributed by atoms with E-state index >= 15 is 0 Å². The second-order valence-electron chi connectivity index (χ2n) is 3.65. The second kappa shape index (κ2) is 5.10. The van der Waals surface area contributed by atoms with Crippen molar-refractivity contribution in [2.75, 3.05) is 0 Å². The van der Waals surface area contributed by atoms with Crippen LogP contribution in [0.15, 0.2) is 30.3 Å². The number of hydrogen-bond donors (Lipinski definition) is 1. The summed E-state index contributed by atoms with van der Waals surface area (Å²) in [5.41, 5.74) is 1.43. The third kappa shape index (κ3) is 2.81. The van der Waals surface area contributed by atoms with E-state index < -0.39 is 5.97 Å². The number of carboxylic acids is 1. The number of halogens is 1. The number of nitrogens with zero attached hydrogens (tertiary/aromatic N) is 1. The Morgan fingerprint density at radius 2 is 2.28 bits per heavy atom. The lowest BCUT2D eigenvalue weighted by molar-refractivity contribution is -0.131. The van der Waals surface area contributed by atoms with E-state index in [4.69, 9.17) is 5.11 Å². The summed E-state index contributed by atoms with van der Waals surface area (Å²) in [6.45, 7) is 1.79. The van der Waals surface area contributed by atoms with Crippen LogP contribution in [0.4, 0.5) is 4.39 Å². The zero-order chi connectivity index (χ0) is 13.1. The smallest absolute Gasteiger partial charge is 0.328 e. The summed E-state index contributed by atoms with van der Waals surface area (Å²) >= 11 is 1.34. The van der Waals surface area contributed by atoms with Crippen molar-refractivity contribution in [3.8, 4) is 10.6 Å². The van der Waals surface area contributed by atoms with Gasteiger partial charge in [0.25, 0.3) is 0 Å². The van der Waals surface area contributed by atoms with Crippen molar-refractivity contribution in [1.29, 1.82) is 0 Å². The van der Waals surface area contributed by atoms with Gasteiger partial charge in [0.2, 0.25) is 0 Å². The van der Waals surface area contributed by atoms with Crippen LogP contribution in [0.2, 0.25) is 0 Å². The van der Waals surface area contributed by atoms with E-state index in [0.29, 0.717) is 10.6 Å². The topological polar surface area (TPSA) is 50.2 Å². The Hall–Kier alpha value is -2.01. The van der Waals surface area contributed by atoms with Gasteiger partial charge in [-0.15, -0.1) is 11.3 Å². The maximum Gasteiger partial charge on any atom is 0.328 e. The summed E-state index contributed by atoms with van der Waals surface area (Å²) in [7, 11) is 0. The summed E-state index contributed by atoms with van der Waals surface area (Å²) < 4.78 is 13.1. The highest BCUT2D eigenvalue weighted by Gasteiger charge is 2.08. The molecule has 0 spiro atoms. The molecule has 0 saturated carbocycles. The fraction of sp³-hybridized carbons (Fsp3) is 0.0769. The summed E-state index contributed by atoms with van der Waals surface area (Å²) in [5, 5.41) is 9.25. The molecule has 2 rings (SSSR count). The Balaban J connectivity index is 2.37. The maximum atomic E-state index is 13.1. The van der Waals surface area contributed by atoms with Gasteiger partial charge in [-0.1, -0.05) is 12.1 Å². The van der Waals surface area contributed by atoms with Crippen LogP contribution in [0.25, 0.3) is 16.6 Å². The molecule has 92 valence electrons. The van der Waals surface area contributed by atoms with Crippen LogP contribution in [0.3, 0.4) is 0 Å². The highest BCUT2D eigenvalue weighted by molar-refractivity contribution is 7.16. The molecule has 0 saturated heterocycles. The first kappa shape index (κ1) is 12.4. The van der Waals surface area contributed by atoms with Crippen LogP contribution in [-0.4, -0.2) is 16.1 Å². The van der Waals surface area contributed by atoms with Crippen molar-refractivity contribution >= 4 is 23.4 Å². The molecule has 2 aromatic rings. The van der Waals surface area contributed by atoms with Crippen LogP contribution < -0.4 is 0 Å². The lowest BCUT2D eigenvalue weighted by atomic mass is 10.2. The maximum absolute atomic E-state index is 13.1. The van der Waals surface area contributed by atoms with Gasteiger partial charge in [0.05, 0.1) is 10.6 Å². The van der Waals surface area contributed by atoms with E-state index in [2.05, 4.69) is 4.98 Å². The minimum absolute atomic E-state index is 0.317. The first-order valence-electron chi connectivity index (χ1n) is 5.20. The molecule has 0 amide bonds. The molecule has 0 radical (unpaired) electrons. The molecule has 5 heteroatoms. The molecular formula is C13H10FNO2S. The molecule has 18 heavy (non-hydrogen) atoms. The summed E-state index contributed by atoms with van der Waals surface area (Å²) in [4.78, 5) is 15.5. The van der Waals surface area contributed by atoms with Gasteiger partial charge in [0.1, 0.15) is 10.8 Å². The summed E-state index contributed by atoms with van der Waals surface area (Å²) in [5.74, 6) is -1.32. The number of thiazole rings is 1. The third-order valence-corrected chi connectivity index (χ3v) is 3.45. The number of carbonyl (C=O) groups is 1. The van der Waals surface area contributed by atoms with Crippen molar-refractivity contribution in [1.82, 2.24) is 4.98 Å². The SMILES string of the molecule is Cc1nc(-c2cccc(F)c2)sc1/C=C/C(=O)O. The summed E-state index contributed by atoms with van der Waals surface area (Å²) in [6, 6.07) is 6.17. The molecule has 0 bridgehead atoms. The van der Waals surface area contributed by atoms with E-state index in [9.17, 15) is 9.18 Å². The first-order chi connectivity index (χ1) is 8.56. The quantitative estimate of drug-likeness (QED) is 0.864. The number of aliphatic carboxylic acids is 1. The van der Waals surface area contributed by atoms with E-state index in [1.165, 1.54) is 29.5 Å². The minimum Gasteiger partial charge on any atom is -0.478 e.